The summed E-state index contributed by atoms with van der Waals surface area (Å²) in [6, 6.07) is 10.8. The molecule has 158 valence electrons. The van der Waals surface area contributed by atoms with Crippen molar-refractivity contribution in [1.82, 2.24) is 10.3 Å². The second kappa shape index (κ2) is 9.87. The van der Waals surface area contributed by atoms with Crippen LogP contribution in [-0.2, 0) is 4.79 Å². The number of piperidine rings is 1. The van der Waals surface area contributed by atoms with E-state index in [1.54, 1.807) is 37.3 Å². The van der Waals surface area contributed by atoms with Gasteiger partial charge in [-0.15, -0.1) is 0 Å². The summed E-state index contributed by atoms with van der Waals surface area (Å²) in [6.07, 6.45) is 2.60. The number of carbonyl (C=O) groups is 2. The summed E-state index contributed by atoms with van der Waals surface area (Å²) in [4.78, 5) is 26.6. The molecule has 0 radical (unpaired) electrons. The Balaban J connectivity index is 1.51. The van der Waals surface area contributed by atoms with Crippen LogP contribution in [0.15, 0.2) is 47.6 Å². The first kappa shape index (κ1) is 21.3. The van der Waals surface area contributed by atoms with E-state index >= 15 is 0 Å². The maximum absolute atomic E-state index is 13.0. The van der Waals surface area contributed by atoms with Gasteiger partial charge in [0.05, 0.1) is 20.4 Å². The lowest BCUT2D eigenvalue weighted by molar-refractivity contribution is -0.126. The summed E-state index contributed by atoms with van der Waals surface area (Å²) in [5.41, 5.74) is 3.71. The van der Waals surface area contributed by atoms with Crippen molar-refractivity contribution in [2.45, 2.75) is 12.8 Å². The van der Waals surface area contributed by atoms with Crippen LogP contribution >= 0.6 is 0 Å². The van der Waals surface area contributed by atoms with Gasteiger partial charge >= 0.3 is 0 Å². The van der Waals surface area contributed by atoms with Crippen LogP contribution in [0.5, 0.6) is 11.5 Å². The molecule has 8 heteroatoms. The van der Waals surface area contributed by atoms with Gasteiger partial charge in [-0.1, -0.05) is 0 Å². The highest BCUT2D eigenvalue weighted by Crippen LogP contribution is 2.23. The Labute approximate surface area is 174 Å². The van der Waals surface area contributed by atoms with Gasteiger partial charge in [0.25, 0.3) is 5.91 Å². The standard InChI is InChI=1S/C22H24FN3O4/c1-29-19-8-5-17(20(13-19)30-2)14-24-25-21(27)15-9-11-26(12-10-15)22(28)16-3-6-18(23)7-4-16/h3-8,13-15H,9-12H2,1-2H3,(H,25,27)/b24-14+. The molecule has 1 saturated heterocycles. The number of methoxy groups -OCH3 is 2. The van der Waals surface area contributed by atoms with E-state index < -0.39 is 0 Å². The number of amides is 2. The zero-order valence-electron chi connectivity index (χ0n) is 16.9. The summed E-state index contributed by atoms with van der Waals surface area (Å²) < 4.78 is 23.5. The maximum Gasteiger partial charge on any atom is 0.253 e. The molecule has 3 rings (SSSR count). The molecule has 1 heterocycles. The highest BCUT2D eigenvalue weighted by molar-refractivity contribution is 5.94. The number of carbonyl (C=O) groups excluding carboxylic acids is 2. The number of benzene rings is 2. The van der Waals surface area contributed by atoms with Gasteiger partial charge in [-0.2, -0.15) is 5.10 Å². The van der Waals surface area contributed by atoms with E-state index in [4.69, 9.17) is 9.47 Å². The van der Waals surface area contributed by atoms with Crippen molar-refractivity contribution >= 4 is 18.0 Å². The zero-order chi connectivity index (χ0) is 21.5. The lowest BCUT2D eigenvalue weighted by Gasteiger charge is -2.31. The van der Waals surface area contributed by atoms with Gasteiger partial charge in [0, 0.05) is 36.2 Å². The largest absolute Gasteiger partial charge is 0.497 e. The molecule has 1 aliphatic heterocycles. The Morgan fingerprint density at radius 2 is 1.80 bits per heavy atom. The normalized spacial score (nSPS) is 14.6. The van der Waals surface area contributed by atoms with Gasteiger partial charge in [0.1, 0.15) is 17.3 Å². The molecule has 7 nitrogen and oxygen atoms in total. The molecule has 2 aromatic rings. The number of ether oxygens (including phenoxy) is 2. The fraction of sp³-hybridized carbons (Fsp3) is 0.318. The van der Waals surface area contributed by atoms with Crippen LogP contribution in [0.4, 0.5) is 4.39 Å². The van der Waals surface area contributed by atoms with Crippen LogP contribution in [0.3, 0.4) is 0 Å². The molecule has 0 unspecified atom stereocenters. The topological polar surface area (TPSA) is 80.2 Å². The minimum atomic E-state index is -0.380. The molecule has 0 spiro atoms. The molecule has 2 aromatic carbocycles. The van der Waals surface area contributed by atoms with Crippen LogP contribution in [-0.4, -0.2) is 50.2 Å². The minimum Gasteiger partial charge on any atom is -0.497 e. The molecular formula is C22H24FN3O4. The molecule has 0 bridgehead atoms. The summed E-state index contributed by atoms with van der Waals surface area (Å²) >= 11 is 0. The van der Waals surface area contributed by atoms with E-state index in [2.05, 4.69) is 10.5 Å². The van der Waals surface area contributed by atoms with E-state index in [-0.39, 0.29) is 23.5 Å². The predicted molar refractivity (Wildman–Crippen MR) is 110 cm³/mol. The molecule has 30 heavy (non-hydrogen) atoms. The van der Waals surface area contributed by atoms with Gasteiger partial charge in [-0.3, -0.25) is 9.59 Å². The van der Waals surface area contributed by atoms with Crippen LogP contribution in [0, 0.1) is 11.7 Å². The average molecular weight is 413 g/mol. The zero-order valence-corrected chi connectivity index (χ0v) is 16.9. The van der Waals surface area contributed by atoms with Crippen molar-refractivity contribution in [3.05, 3.63) is 59.4 Å². The quantitative estimate of drug-likeness (QED) is 0.583. The van der Waals surface area contributed by atoms with Gasteiger partial charge < -0.3 is 14.4 Å². The van der Waals surface area contributed by atoms with E-state index in [1.807, 2.05) is 0 Å². The first-order valence-electron chi connectivity index (χ1n) is 9.61. The summed E-state index contributed by atoms with van der Waals surface area (Å²) in [5.74, 6) is 0.299. The molecule has 2 amide bonds. The van der Waals surface area contributed by atoms with Crippen LogP contribution < -0.4 is 14.9 Å². The lowest BCUT2D eigenvalue weighted by atomic mass is 9.95. The summed E-state index contributed by atoms with van der Waals surface area (Å²) in [6.45, 7) is 0.925. The monoisotopic (exact) mass is 413 g/mol. The van der Waals surface area contributed by atoms with Crippen molar-refractivity contribution in [1.29, 1.82) is 0 Å². The first-order valence-corrected chi connectivity index (χ1v) is 9.61. The molecule has 0 saturated carbocycles. The number of nitrogens with zero attached hydrogens (tertiary/aromatic N) is 2. The second-order valence-electron chi connectivity index (χ2n) is 6.92. The Morgan fingerprint density at radius 1 is 1.10 bits per heavy atom. The molecular weight excluding hydrogens is 389 g/mol. The Kier molecular flexibility index (Phi) is 7.00. The van der Waals surface area contributed by atoms with Crippen LogP contribution in [0.2, 0.25) is 0 Å². The van der Waals surface area contributed by atoms with Crippen LogP contribution in [0.25, 0.3) is 0 Å². The maximum atomic E-state index is 13.0. The minimum absolute atomic E-state index is 0.154. The number of rotatable bonds is 6. The predicted octanol–water partition coefficient (Wildman–Crippen LogP) is 2.85. The third kappa shape index (κ3) is 5.14. The molecule has 1 aliphatic rings. The van der Waals surface area contributed by atoms with Gasteiger partial charge in [-0.25, -0.2) is 9.82 Å². The van der Waals surface area contributed by atoms with Gasteiger partial charge in [0.15, 0.2) is 0 Å². The molecule has 0 aromatic heterocycles. The molecule has 1 N–H and O–H groups in total. The number of hydrogen-bond donors (Lipinski definition) is 1. The van der Waals surface area contributed by atoms with Crippen molar-refractivity contribution in [3.63, 3.8) is 0 Å². The Bertz CT molecular complexity index is 922. The first-order chi connectivity index (χ1) is 14.5. The smallest absolute Gasteiger partial charge is 0.253 e. The average Bonchev–Trinajstić information content (AvgIpc) is 2.79. The lowest BCUT2D eigenvalue weighted by Crippen LogP contribution is -2.42. The highest BCUT2D eigenvalue weighted by atomic mass is 19.1. The number of halogens is 1. The fourth-order valence-corrected chi connectivity index (χ4v) is 3.30. The third-order valence-electron chi connectivity index (χ3n) is 5.06. The van der Waals surface area contributed by atoms with Crippen molar-refractivity contribution in [3.8, 4) is 11.5 Å². The highest BCUT2D eigenvalue weighted by Gasteiger charge is 2.27. The molecule has 0 aliphatic carbocycles. The molecule has 0 atom stereocenters. The van der Waals surface area contributed by atoms with E-state index in [0.29, 0.717) is 48.6 Å². The SMILES string of the molecule is COc1ccc(/C=N/NC(=O)C2CCN(C(=O)c3ccc(F)cc3)CC2)c(OC)c1. The van der Waals surface area contributed by atoms with Crippen molar-refractivity contribution in [2.75, 3.05) is 27.3 Å². The number of hydrogen-bond acceptors (Lipinski definition) is 5. The molecule has 1 fully saturated rings. The van der Waals surface area contributed by atoms with E-state index in [9.17, 15) is 14.0 Å². The van der Waals surface area contributed by atoms with Gasteiger partial charge in [-0.05, 0) is 49.2 Å². The second-order valence-corrected chi connectivity index (χ2v) is 6.92. The number of hydrazone groups is 1. The number of likely N-dealkylation sites (tertiary alicyclic amines) is 1. The number of nitrogens with one attached hydrogen (secondary N) is 1. The van der Waals surface area contributed by atoms with E-state index in [0.717, 1.165) is 0 Å². The fourth-order valence-electron chi connectivity index (χ4n) is 3.30. The van der Waals surface area contributed by atoms with Crippen molar-refractivity contribution in [2.24, 2.45) is 11.0 Å². The van der Waals surface area contributed by atoms with Crippen LogP contribution in [0.1, 0.15) is 28.8 Å². The van der Waals surface area contributed by atoms with Gasteiger partial charge in [0.2, 0.25) is 5.91 Å². The Hall–Kier alpha value is -3.42. The summed E-state index contributed by atoms with van der Waals surface area (Å²) in [7, 11) is 3.12. The van der Waals surface area contributed by atoms with Crippen molar-refractivity contribution < 1.29 is 23.5 Å². The summed E-state index contributed by atoms with van der Waals surface area (Å²) in [5, 5.41) is 4.03. The van der Waals surface area contributed by atoms with E-state index in [1.165, 1.54) is 30.5 Å². The Morgan fingerprint density at radius 3 is 2.43 bits per heavy atom. The third-order valence-corrected chi connectivity index (χ3v) is 5.06.